The van der Waals surface area contributed by atoms with Gasteiger partial charge in [-0.15, -0.1) is 0 Å². The maximum atomic E-state index is 12.0. The van der Waals surface area contributed by atoms with Crippen LogP contribution in [0.1, 0.15) is 23.0 Å². The molecule has 1 unspecified atom stereocenters. The normalized spacial score (nSPS) is 12.0. The lowest BCUT2D eigenvalue weighted by Crippen LogP contribution is -2.29. The van der Waals surface area contributed by atoms with Crippen LogP contribution in [0.15, 0.2) is 12.3 Å². The summed E-state index contributed by atoms with van der Waals surface area (Å²) in [6.07, 6.45) is 3.69. The Hall–Kier alpha value is -1.23. The summed E-state index contributed by atoms with van der Waals surface area (Å²) < 4.78 is 0. The maximum absolute atomic E-state index is 12.0. The van der Waals surface area contributed by atoms with Crippen molar-refractivity contribution in [3.8, 4) is 0 Å². The van der Waals surface area contributed by atoms with E-state index in [0.29, 0.717) is 18.0 Å². The molecule has 0 saturated carbocycles. The first-order valence-corrected chi connectivity index (χ1v) is 7.39. The third-order valence-electron chi connectivity index (χ3n) is 2.62. The molecule has 18 heavy (non-hydrogen) atoms. The van der Waals surface area contributed by atoms with Crippen molar-refractivity contribution in [2.45, 2.75) is 13.8 Å². The van der Waals surface area contributed by atoms with Gasteiger partial charge in [0.15, 0.2) is 0 Å². The highest BCUT2D eigenvalue weighted by atomic mass is 32.2. The number of nitrogens with one attached hydrogen (secondary N) is 2. The molecule has 1 atom stereocenters. The zero-order valence-electron chi connectivity index (χ0n) is 11.4. The van der Waals surface area contributed by atoms with Crippen molar-refractivity contribution in [3.05, 3.63) is 23.5 Å². The second-order valence-electron chi connectivity index (χ2n) is 4.39. The number of aromatic nitrogens is 1. The zero-order chi connectivity index (χ0) is 13.5. The van der Waals surface area contributed by atoms with E-state index in [2.05, 4.69) is 28.8 Å². The van der Waals surface area contributed by atoms with Crippen LogP contribution in [0.5, 0.6) is 0 Å². The number of nitrogens with zero attached hydrogens (tertiary/aromatic N) is 1. The van der Waals surface area contributed by atoms with E-state index in [4.69, 9.17) is 0 Å². The number of carbonyl (C=O) groups excluding carboxylic acids is 1. The average Bonchev–Trinajstić information content (AvgIpc) is 2.36. The number of aryl methyl sites for hydroxylation is 1. The number of amides is 1. The van der Waals surface area contributed by atoms with Gasteiger partial charge < -0.3 is 10.6 Å². The first-order valence-electron chi connectivity index (χ1n) is 6.00. The molecule has 1 rings (SSSR count). The van der Waals surface area contributed by atoms with Gasteiger partial charge >= 0.3 is 0 Å². The van der Waals surface area contributed by atoms with Crippen molar-refractivity contribution in [2.24, 2.45) is 5.92 Å². The molecule has 0 bridgehead atoms. The molecule has 0 aliphatic rings. The summed E-state index contributed by atoms with van der Waals surface area (Å²) >= 11 is 1.79. The molecule has 0 radical (unpaired) electrons. The van der Waals surface area contributed by atoms with Crippen molar-refractivity contribution in [1.29, 1.82) is 0 Å². The third kappa shape index (κ3) is 4.22. The second kappa shape index (κ2) is 7.26. The summed E-state index contributed by atoms with van der Waals surface area (Å²) in [5, 5.41) is 5.97. The molecular weight excluding hydrogens is 246 g/mol. The highest BCUT2D eigenvalue weighted by molar-refractivity contribution is 7.98. The standard InChI is InChI=1S/C13H21N3OS/c1-9(8-18-4)6-16-13(17)11-7-15-10(2)5-12(11)14-3/h5,7,9H,6,8H2,1-4H3,(H,14,15)(H,16,17). The minimum atomic E-state index is -0.0696. The molecule has 1 heterocycles. The Balaban J connectivity index is 2.66. The lowest BCUT2D eigenvalue weighted by Gasteiger charge is -2.13. The monoisotopic (exact) mass is 267 g/mol. The Morgan fingerprint density at radius 1 is 1.56 bits per heavy atom. The fraction of sp³-hybridized carbons (Fsp3) is 0.538. The van der Waals surface area contributed by atoms with Crippen molar-refractivity contribution >= 4 is 23.4 Å². The Kier molecular flexibility index (Phi) is 5.98. The Morgan fingerprint density at radius 2 is 2.28 bits per heavy atom. The van der Waals surface area contributed by atoms with Gasteiger partial charge in [-0.2, -0.15) is 11.8 Å². The number of rotatable bonds is 6. The molecule has 4 nitrogen and oxygen atoms in total. The molecule has 0 aliphatic carbocycles. The fourth-order valence-corrected chi connectivity index (χ4v) is 2.34. The van der Waals surface area contributed by atoms with Gasteiger partial charge in [0.2, 0.25) is 0 Å². The number of thioether (sulfide) groups is 1. The molecule has 0 fully saturated rings. The number of carbonyl (C=O) groups is 1. The van der Waals surface area contributed by atoms with Gasteiger partial charge in [-0.3, -0.25) is 9.78 Å². The van der Waals surface area contributed by atoms with E-state index in [-0.39, 0.29) is 5.91 Å². The highest BCUT2D eigenvalue weighted by Gasteiger charge is 2.12. The molecule has 0 saturated heterocycles. The van der Waals surface area contributed by atoms with Crippen molar-refractivity contribution in [3.63, 3.8) is 0 Å². The third-order valence-corrected chi connectivity index (χ3v) is 3.52. The van der Waals surface area contributed by atoms with E-state index in [9.17, 15) is 4.79 Å². The van der Waals surface area contributed by atoms with Crippen molar-refractivity contribution in [1.82, 2.24) is 10.3 Å². The van der Waals surface area contributed by atoms with Crippen LogP contribution in [0.4, 0.5) is 5.69 Å². The predicted octanol–water partition coefficient (Wildman–Crippen LogP) is 2.16. The molecule has 0 spiro atoms. The summed E-state index contributed by atoms with van der Waals surface area (Å²) in [6, 6.07) is 1.88. The van der Waals surface area contributed by atoms with Gasteiger partial charge in [0, 0.05) is 25.5 Å². The van der Waals surface area contributed by atoms with Crippen LogP contribution < -0.4 is 10.6 Å². The Labute approximate surface area is 113 Å². The van der Waals surface area contributed by atoms with Crippen LogP contribution in [0.3, 0.4) is 0 Å². The number of hydrogen-bond acceptors (Lipinski definition) is 4. The number of anilines is 1. The van der Waals surface area contributed by atoms with Crippen LogP contribution in [0.25, 0.3) is 0 Å². The van der Waals surface area contributed by atoms with Crippen LogP contribution >= 0.6 is 11.8 Å². The average molecular weight is 267 g/mol. The fourth-order valence-electron chi connectivity index (χ4n) is 1.65. The molecule has 2 N–H and O–H groups in total. The van der Waals surface area contributed by atoms with E-state index in [0.717, 1.165) is 17.1 Å². The van der Waals surface area contributed by atoms with Crippen LogP contribution in [-0.4, -0.2) is 36.5 Å². The molecule has 1 amide bonds. The first kappa shape index (κ1) is 14.8. The molecule has 1 aromatic heterocycles. The van der Waals surface area contributed by atoms with Crippen LogP contribution in [0.2, 0.25) is 0 Å². The van der Waals surface area contributed by atoms with Crippen molar-refractivity contribution < 1.29 is 4.79 Å². The number of pyridine rings is 1. The summed E-state index contributed by atoms with van der Waals surface area (Å²) in [7, 11) is 1.81. The molecule has 5 heteroatoms. The van der Waals surface area contributed by atoms with E-state index in [1.807, 2.05) is 20.0 Å². The lowest BCUT2D eigenvalue weighted by atomic mass is 10.1. The van der Waals surface area contributed by atoms with Crippen LogP contribution in [-0.2, 0) is 0 Å². The summed E-state index contributed by atoms with van der Waals surface area (Å²) in [5.74, 6) is 1.45. The predicted molar refractivity (Wildman–Crippen MR) is 78.4 cm³/mol. The molecule has 100 valence electrons. The van der Waals surface area contributed by atoms with Gasteiger partial charge in [-0.25, -0.2) is 0 Å². The quantitative estimate of drug-likeness (QED) is 0.829. The molecule has 0 aromatic carbocycles. The largest absolute Gasteiger partial charge is 0.387 e. The zero-order valence-corrected chi connectivity index (χ0v) is 12.2. The Morgan fingerprint density at radius 3 is 2.89 bits per heavy atom. The summed E-state index contributed by atoms with van der Waals surface area (Å²) in [5.41, 5.74) is 2.31. The minimum Gasteiger partial charge on any atom is -0.387 e. The lowest BCUT2D eigenvalue weighted by molar-refractivity contribution is 0.0949. The van der Waals surface area contributed by atoms with Crippen LogP contribution in [0, 0.1) is 12.8 Å². The van der Waals surface area contributed by atoms with Gasteiger partial charge in [0.1, 0.15) is 0 Å². The van der Waals surface area contributed by atoms with E-state index in [1.165, 1.54) is 0 Å². The van der Waals surface area contributed by atoms with Gasteiger partial charge in [0.05, 0.1) is 11.3 Å². The smallest absolute Gasteiger partial charge is 0.254 e. The van der Waals surface area contributed by atoms with E-state index < -0.39 is 0 Å². The minimum absolute atomic E-state index is 0.0696. The van der Waals surface area contributed by atoms with E-state index >= 15 is 0 Å². The SMILES string of the molecule is CNc1cc(C)ncc1C(=O)NCC(C)CSC. The van der Waals surface area contributed by atoms with Gasteiger partial charge in [-0.1, -0.05) is 6.92 Å². The summed E-state index contributed by atoms with van der Waals surface area (Å²) in [4.78, 5) is 16.2. The summed E-state index contributed by atoms with van der Waals surface area (Å²) in [6.45, 7) is 4.73. The topological polar surface area (TPSA) is 54.0 Å². The highest BCUT2D eigenvalue weighted by Crippen LogP contribution is 2.15. The molecular formula is C13H21N3OS. The first-order chi connectivity index (χ1) is 8.58. The number of hydrogen-bond donors (Lipinski definition) is 2. The van der Waals surface area contributed by atoms with E-state index in [1.54, 1.807) is 18.0 Å². The second-order valence-corrected chi connectivity index (χ2v) is 5.30. The Bertz CT molecular complexity index is 409. The molecule has 1 aromatic rings. The van der Waals surface area contributed by atoms with Gasteiger partial charge in [-0.05, 0) is 30.9 Å². The van der Waals surface area contributed by atoms with Gasteiger partial charge in [0.25, 0.3) is 5.91 Å². The maximum Gasteiger partial charge on any atom is 0.254 e. The molecule has 0 aliphatic heterocycles. The van der Waals surface area contributed by atoms with Crippen molar-refractivity contribution in [2.75, 3.05) is 30.9 Å².